The molecule has 0 aliphatic heterocycles. The topological polar surface area (TPSA) is 0 Å². The van der Waals surface area contributed by atoms with Crippen molar-refractivity contribution in [2.45, 2.75) is 0 Å². The lowest BCUT2D eigenvalue weighted by atomic mass is 9.85. The number of benzene rings is 9. The molecule has 0 aliphatic rings. The summed E-state index contributed by atoms with van der Waals surface area (Å²) in [5.41, 5.74) is 12.4. The Balaban J connectivity index is 1.27. The first-order valence-electron chi connectivity index (χ1n) is 16.6. The maximum absolute atomic E-state index is 2.36. The Morgan fingerprint density at radius 1 is 0.208 bits per heavy atom. The average Bonchev–Trinajstić information content (AvgIpc) is 3.17. The first-order chi connectivity index (χ1) is 23.8. The zero-order valence-corrected chi connectivity index (χ0v) is 26.5. The van der Waals surface area contributed by atoms with Crippen molar-refractivity contribution in [2.24, 2.45) is 0 Å². The molecule has 0 radical (unpaired) electrons. The van der Waals surface area contributed by atoms with Crippen LogP contribution >= 0.6 is 0 Å². The van der Waals surface area contributed by atoms with Gasteiger partial charge in [0.05, 0.1) is 0 Å². The lowest BCUT2D eigenvalue weighted by Gasteiger charge is -2.19. The van der Waals surface area contributed by atoms with E-state index in [0.717, 1.165) is 0 Å². The molecule has 0 heteroatoms. The van der Waals surface area contributed by atoms with E-state index in [0.29, 0.717) is 0 Å². The summed E-state index contributed by atoms with van der Waals surface area (Å²) >= 11 is 0. The van der Waals surface area contributed by atoms with Gasteiger partial charge in [-0.3, -0.25) is 0 Å². The Bertz CT molecular complexity index is 2500. The number of rotatable bonds is 5. The van der Waals surface area contributed by atoms with Gasteiger partial charge in [0.25, 0.3) is 0 Å². The molecule has 9 aromatic rings. The third-order valence-corrected chi connectivity index (χ3v) is 9.67. The third-order valence-electron chi connectivity index (χ3n) is 9.67. The normalized spacial score (nSPS) is 11.3. The van der Waals surface area contributed by atoms with E-state index in [4.69, 9.17) is 0 Å². The quantitative estimate of drug-likeness (QED) is 0.171. The predicted molar refractivity (Wildman–Crippen MR) is 206 cm³/mol. The highest BCUT2D eigenvalue weighted by Gasteiger charge is 2.18. The zero-order valence-electron chi connectivity index (χ0n) is 26.5. The summed E-state index contributed by atoms with van der Waals surface area (Å²) in [6, 6.07) is 70.7. The van der Waals surface area contributed by atoms with Crippen LogP contribution in [-0.4, -0.2) is 0 Å². The van der Waals surface area contributed by atoms with Gasteiger partial charge in [0.15, 0.2) is 0 Å². The highest BCUT2D eigenvalue weighted by atomic mass is 14.2. The molecule has 0 unspecified atom stereocenters. The first-order valence-corrected chi connectivity index (χ1v) is 16.6. The molecular formula is C48H32. The minimum Gasteiger partial charge on any atom is -0.0622 e. The van der Waals surface area contributed by atoms with Gasteiger partial charge < -0.3 is 0 Å². The van der Waals surface area contributed by atoms with Crippen LogP contribution in [0.4, 0.5) is 0 Å². The molecule has 0 amide bonds. The van der Waals surface area contributed by atoms with Crippen LogP contribution in [0.15, 0.2) is 194 Å². The zero-order chi connectivity index (χ0) is 31.9. The van der Waals surface area contributed by atoms with Gasteiger partial charge in [-0.15, -0.1) is 0 Å². The summed E-state index contributed by atoms with van der Waals surface area (Å²) in [6.07, 6.45) is 0. The van der Waals surface area contributed by atoms with Crippen LogP contribution in [0.1, 0.15) is 0 Å². The monoisotopic (exact) mass is 608 g/mol. The van der Waals surface area contributed by atoms with E-state index in [1.54, 1.807) is 0 Å². The third kappa shape index (κ3) is 4.78. The largest absolute Gasteiger partial charge is 0.0622 e. The molecule has 224 valence electrons. The smallest absolute Gasteiger partial charge is 0.00264 e. The van der Waals surface area contributed by atoms with E-state index in [2.05, 4.69) is 194 Å². The summed E-state index contributed by atoms with van der Waals surface area (Å²) in [4.78, 5) is 0. The van der Waals surface area contributed by atoms with E-state index in [1.807, 2.05) is 0 Å². The second-order valence-electron chi connectivity index (χ2n) is 12.4. The lowest BCUT2D eigenvalue weighted by molar-refractivity contribution is 1.59. The molecule has 0 N–H and O–H groups in total. The molecule has 0 nitrogen and oxygen atoms in total. The summed E-state index contributed by atoms with van der Waals surface area (Å²) in [6.45, 7) is 0. The van der Waals surface area contributed by atoms with Crippen LogP contribution in [0.25, 0.3) is 88.0 Å². The standard InChI is InChI=1S/C48H32/c1-4-14-33(15-5-1)39-29-24-35-30-31-40(34-16-6-2-7-17-34)46(45(35)32-39)37-25-27-38(28-26-37)48-43-22-12-10-20-41(43)47(36-18-8-3-9-19-36)42-21-11-13-23-44(42)48/h1-32H. The number of hydrogen-bond donors (Lipinski definition) is 0. The van der Waals surface area contributed by atoms with Crippen molar-refractivity contribution in [3.8, 4) is 55.6 Å². The van der Waals surface area contributed by atoms with Crippen LogP contribution in [0.2, 0.25) is 0 Å². The lowest BCUT2D eigenvalue weighted by Crippen LogP contribution is -1.92. The fourth-order valence-corrected chi connectivity index (χ4v) is 7.46. The maximum Gasteiger partial charge on any atom is -0.00264 e. The second kappa shape index (κ2) is 11.8. The molecule has 0 spiro atoms. The van der Waals surface area contributed by atoms with Crippen LogP contribution < -0.4 is 0 Å². The van der Waals surface area contributed by atoms with E-state index in [9.17, 15) is 0 Å². The van der Waals surface area contributed by atoms with E-state index in [-0.39, 0.29) is 0 Å². The fourth-order valence-electron chi connectivity index (χ4n) is 7.46. The molecule has 0 saturated heterocycles. The molecule has 0 aromatic heterocycles. The summed E-state index contributed by atoms with van der Waals surface area (Å²) in [5, 5.41) is 7.58. The molecule has 0 atom stereocenters. The molecule has 9 aromatic carbocycles. The fraction of sp³-hybridized carbons (Fsp3) is 0. The van der Waals surface area contributed by atoms with Gasteiger partial charge in [0.2, 0.25) is 0 Å². The summed E-state index contributed by atoms with van der Waals surface area (Å²) < 4.78 is 0. The average molecular weight is 609 g/mol. The van der Waals surface area contributed by atoms with Crippen molar-refractivity contribution >= 4 is 32.3 Å². The highest BCUT2D eigenvalue weighted by Crippen LogP contribution is 2.45. The molecule has 0 heterocycles. The minimum atomic E-state index is 1.21. The van der Waals surface area contributed by atoms with Crippen LogP contribution in [-0.2, 0) is 0 Å². The van der Waals surface area contributed by atoms with Crippen molar-refractivity contribution in [1.82, 2.24) is 0 Å². The molecule has 0 aliphatic carbocycles. The Labute approximate surface area is 281 Å². The van der Waals surface area contributed by atoms with Gasteiger partial charge in [0, 0.05) is 0 Å². The summed E-state index contributed by atoms with van der Waals surface area (Å²) in [5.74, 6) is 0. The van der Waals surface area contributed by atoms with Crippen LogP contribution in [0.5, 0.6) is 0 Å². The Kier molecular flexibility index (Phi) is 6.91. The van der Waals surface area contributed by atoms with Crippen molar-refractivity contribution in [2.75, 3.05) is 0 Å². The van der Waals surface area contributed by atoms with Crippen LogP contribution in [0.3, 0.4) is 0 Å². The van der Waals surface area contributed by atoms with Crippen molar-refractivity contribution in [3.05, 3.63) is 194 Å². The van der Waals surface area contributed by atoms with Crippen molar-refractivity contribution in [1.29, 1.82) is 0 Å². The van der Waals surface area contributed by atoms with Gasteiger partial charge in [0.1, 0.15) is 0 Å². The minimum absolute atomic E-state index is 1.21. The molecule has 9 rings (SSSR count). The number of fused-ring (bicyclic) bond motifs is 3. The van der Waals surface area contributed by atoms with E-state index in [1.165, 1.54) is 88.0 Å². The maximum atomic E-state index is 2.36. The van der Waals surface area contributed by atoms with Gasteiger partial charge in [-0.05, 0) is 94.0 Å². The van der Waals surface area contributed by atoms with E-state index < -0.39 is 0 Å². The van der Waals surface area contributed by atoms with Crippen molar-refractivity contribution < 1.29 is 0 Å². The molecule has 48 heavy (non-hydrogen) atoms. The highest BCUT2D eigenvalue weighted by molar-refractivity contribution is 6.21. The van der Waals surface area contributed by atoms with Crippen LogP contribution in [0, 0.1) is 0 Å². The predicted octanol–water partition coefficient (Wildman–Crippen LogP) is 13.5. The number of hydrogen-bond acceptors (Lipinski definition) is 0. The van der Waals surface area contributed by atoms with E-state index >= 15 is 0 Å². The summed E-state index contributed by atoms with van der Waals surface area (Å²) in [7, 11) is 0. The van der Waals surface area contributed by atoms with Gasteiger partial charge in [-0.2, -0.15) is 0 Å². The molecule has 0 saturated carbocycles. The SMILES string of the molecule is c1ccc(-c2ccc3ccc(-c4ccccc4)c(-c4ccc(-c5c6ccccc6c(-c6ccccc6)c6ccccc56)cc4)c3c2)cc1. The molecule has 0 fully saturated rings. The Morgan fingerprint density at radius 2 is 0.583 bits per heavy atom. The Morgan fingerprint density at radius 3 is 1.10 bits per heavy atom. The second-order valence-corrected chi connectivity index (χ2v) is 12.4. The van der Waals surface area contributed by atoms with Gasteiger partial charge in [-0.1, -0.05) is 188 Å². The molecule has 0 bridgehead atoms. The van der Waals surface area contributed by atoms with Crippen molar-refractivity contribution in [3.63, 3.8) is 0 Å². The molecular weight excluding hydrogens is 577 g/mol. The first kappa shape index (κ1) is 28.0. The van der Waals surface area contributed by atoms with Gasteiger partial charge >= 0.3 is 0 Å². The Hall–Kier alpha value is -6.24. The van der Waals surface area contributed by atoms with Gasteiger partial charge in [-0.25, -0.2) is 0 Å².